The van der Waals surface area contributed by atoms with Crippen molar-refractivity contribution in [1.29, 1.82) is 0 Å². The summed E-state index contributed by atoms with van der Waals surface area (Å²) < 4.78 is 12.7. The van der Waals surface area contributed by atoms with Crippen molar-refractivity contribution in [1.82, 2.24) is 20.2 Å². The molecule has 1 aliphatic heterocycles. The number of esters is 1. The highest BCUT2D eigenvalue weighted by molar-refractivity contribution is 5.95. The quantitative estimate of drug-likeness (QED) is 0.305. The molecule has 0 saturated carbocycles. The SMILES string of the molecule is COc1ccc(-c2ccc(COC(=O)C3=C(C)Nc4nnnn4C3c3cccc4ccccc34)cc2)cc1. The van der Waals surface area contributed by atoms with Gasteiger partial charge in [0.15, 0.2) is 0 Å². The van der Waals surface area contributed by atoms with Gasteiger partial charge in [-0.1, -0.05) is 84.0 Å². The Balaban J connectivity index is 1.26. The number of anilines is 1. The Kier molecular flexibility index (Phi) is 6.05. The fourth-order valence-corrected chi connectivity index (χ4v) is 4.86. The number of aromatic nitrogens is 4. The highest BCUT2D eigenvalue weighted by atomic mass is 16.5. The van der Waals surface area contributed by atoms with Crippen LogP contribution in [0, 0.1) is 0 Å². The normalized spacial score (nSPS) is 14.6. The Morgan fingerprint density at radius 1 is 0.921 bits per heavy atom. The number of hydrogen-bond acceptors (Lipinski definition) is 7. The first kappa shape index (κ1) is 23.4. The molecule has 5 aromatic rings. The Bertz CT molecular complexity index is 1650. The van der Waals surface area contributed by atoms with Gasteiger partial charge in [-0.2, -0.15) is 4.68 Å². The summed E-state index contributed by atoms with van der Waals surface area (Å²) in [5, 5.41) is 17.4. The molecule has 4 aromatic carbocycles. The Morgan fingerprint density at radius 2 is 1.63 bits per heavy atom. The van der Waals surface area contributed by atoms with Crippen molar-refractivity contribution in [2.75, 3.05) is 12.4 Å². The Labute approximate surface area is 219 Å². The monoisotopic (exact) mass is 503 g/mol. The molecule has 0 spiro atoms. The zero-order valence-corrected chi connectivity index (χ0v) is 21.0. The Morgan fingerprint density at radius 3 is 2.39 bits per heavy atom. The smallest absolute Gasteiger partial charge is 0.338 e. The molecule has 188 valence electrons. The number of rotatable bonds is 6. The summed E-state index contributed by atoms with van der Waals surface area (Å²) >= 11 is 0. The first-order valence-corrected chi connectivity index (χ1v) is 12.3. The average Bonchev–Trinajstić information content (AvgIpc) is 3.43. The van der Waals surface area contributed by atoms with Crippen molar-refractivity contribution in [3.8, 4) is 16.9 Å². The predicted molar refractivity (Wildman–Crippen MR) is 144 cm³/mol. The molecular formula is C30H25N5O3. The molecule has 8 heteroatoms. The molecule has 2 heterocycles. The maximum Gasteiger partial charge on any atom is 0.338 e. The summed E-state index contributed by atoms with van der Waals surface area (Å²) in [6, 6.07) is 29.4. The van der Waals surface area contributed by atoms with Gasteiger partial charge >= 0.3 is 5.97 Å². The molecular weight excluding hydrogens is 478 g/mol. The molecule has 0 aliphatic carbocycles. The number of nitrogens with zero attached hydrogens (tertiary/aromatic N) is 4. The summed E-state index contributed by atoms with van der Waals surface area (Å²) in [5.74, 6) is 0.870. The number of benzene rings is 4. The first-order valence-electron chi connectivity index (χ1n) is 12.3. The fourth-order valence-electron chi connectivity index (χ4n) is 4.86. The van der Waals surface area contributed by atoms with E-state index in [2.05, 4.69) is 20.8 Å². The minimum Gasteiger partial charge on any atom is -0.497 e. The largest absolute Gasteiger partial charge is 0.497 e. The summed E-state index contributed by atoms with van der Waals surface area (Å²) in [6.07, 6.45) is 0. The van der Waals surface area contributed by atoms with Crippen molar-refractivity contribution in [2.45, 2.75) is 19.6 Å². The van der Waals surface area contributed by atoms with Crippen molar-refractivity contribution >= 4 is 22.7 Å². The number of hydrogen-bond donors (Lipinski definition) is 1. The number of ether oxygens (including phenoxy) is 2. The van der Waals surface area contributed by atoms with Crippen LogP contribution in [-0.4, -0.2) is 33.3 Å². The van der Waals surface area contributed by atoms with Crippen LogP contribution in [-0.2, 0) is 16.1 Å². The molecule has 1 atom stereocenters. The van der Waals surface area contributed by atoms with E-state index >= 15 is 0 Å². The second kappa shape index (κ2) is 9.82. The van der Waals surface area contributed by atoms with Crippen LogP contribution in [0.1, 0.15) is 24.1 Å². The molecule has 1 aliphatic rings. The highest BCUT2D eigenvalue weighted by Gasteiger charge is 2.35. The van der Waals surface area contributed by atoms with Gasteiger partial charge in [-0.15, -0.1) is 0 Å². The van der Waals surface area contributed by atoms with Crippen LogP contribution in [0.3, 0.4) is 0 Å². The van der Waals surface area contributed by atoms with E-state index in [-0.39, 0.29) is 6.61 Å². The highest BCUT2D eigenvalue weighted by Crippen LogP contribution is 2.38. The predicted octanol–water partition coefficient (Wildman–Crippen LogP) is 5.53. The van der Waals surface area contributed by atoms with Crippen LogP contribution in [0.2, 0.25) is 0 Å². The molecule has 0 radical (unpaired) electrons. The second-order valence-electron chi connectivity index (χ2n) is 9.08. The number of carbonyl (C=O) groups excluding carboxylic acids is 1. The summed E-state index contributed by atoms with van der Waals surface area (Å²) in [6.45, 7) is 1.99. The van der Waals surface area contributed by atoms with E-state index in [1.54, 1.807) is 11.8 Å². The summed E-state index contributed by atoms with van der Waals surface area (Å²) in [5.41, 5.74) is 5.09. The Hall–Kier alpha value is -4.98. The van der Waals surface area contributed by atoms with E-state index in [1.807, 2.05) is 97.9 Å². The van der Waals surface area contributed by atoms with Crippen molar-refractivity contribution in [3.05, 3.63) is 113 Å². The van der Waals surface area contributed by atoms with Crippen LogP contribution < -0.4 is 10.1 Å². The first-order chi connectivity index (χ1) is 18.6. The number of allylic oxidation sites excluding steroid dienone is 1. The maximum atomic E-state index is 13.6. The lowest BCUT2D eigenvalue weighted by atomic mass is 9.91. The van der Waals surface area contributed by atoms with Gasteiger partial charge in [0.25, 0.3) is 0 Å². The lowest BCUT2D eigenvalue weighted by molar-refractivity contribution is -0.140. The molecule has 0 saturated heterocycles. The van der Waals surface area contributed by atoms with Crippen LogP contribution in [0.5, 0.6) is 5.75 Å². The van der Waals surface area contributed by atoms with E-state index in [0.29, 0.717) is 17.2 Å². The third-order valence-corrected chi connectivity index (χ3v) is 6.80. The lowest BCUT2D eigenvalue weighted by Crippen LogP contribution is -2.29. The summed E-state index contributed by atoms with van der Waals surface area (Å²) in [7, 11) is 1.65. The third kappa shape index (κ3) is 4.26. The number of fused-ring (bicyclic) bond motifs is 2. The molecule has 0 fully saturated rings. The molecule has 6 rings (SSSR count). The fraction of sp³-hybridized carbons (Fsp3) is 0.133. The topological polar surface area (TPSA) is 91.2 Å². The van der Waals surface area contributed by atoms with Crippen molar-refractivity contribution in [2.24, 2.45) is 0 Å². The molecule has 0 bridgehead atoms. The average molecular weight is 504 g/mol. The van der Waals surface area contributed by atoms with E-state index < -0.39 is 12.0 Å². The van der Waals surface area contributed by atoms with E-state index in [9.17, 15) is 4.79 Å². The maximum absolute atomic E-state index is 13.6. The summed E-state index contributed by atoms with van der Waals surface area (Å²) in [4.78, 5) is 13.6. The lowest BCUT2D eigenvalue weighted by Gasteiger charge is -2.28. The number of tetrazole rings is 1. The zero-order valence-electron chi connectivity index (χ0n) is 21.0. The standard InChI is InChI=1S/C30H25N5O3/c1-19-27(29(36)38-18-20-10-12-21(13-11-20)22-14-16-24(37-2)17-15-22)28(35-30(31-19)32-33-34-35)26-9-5-7-23-6-3-4-8-25(23)26/h3-17,28H,18H2,1-2H3,(H,31,32,34). The van der Waals surface area contributed by atoms with Crippen LogP contribution >= 0.6 is 0 Å². The van der Waals surface area contributed by atoms with Gasteiger partial charge in [0.05, 0.1) is 12.7 Å². The molecule has 1 aromatic heterocycles. The van der Waals surface area contributed by atoms with Gasteiger partial charge in [-0.25, -0.2) is 4.79 Å². The zero-order chi connectivity index (χ0) is 26.1. The van der Waals surface area contributed by atoms with Gasteiger partial charge in [-0.3, -0.25) is 0 Å². The van der Waals surface area contributed by atoms with E-state index in [4.69, 9.17) is 9.47 Å². The van der Waals surface area contributed by atoms with Gasteiger partial charge in [0.2, 0.25) is 5.95 Å². The van der Waals surface area contributed by atoms with Gasteiger partial charge < -0.3 is 14.8 Å². The minimum atomic E-state index is -0.530. The van der Waals surface area contributed by atoms with E-state index in [1.165, 1.54) is 0 Å². The molecule has 1 N–H and O–H groups in total. The van der Waals surface area contributed by atoms with E-state index in [0.717, 1.165) is 38.8 Å². The number of methoxy groups -OCH3 is 1. The van der Waals surface area contributed by atoms with Crippen LogP contribution in [0.15, 0.2) is 102 Å². The van der Waals surface area contributed by atoms with Gasteiger partial charge in [-0.05, 0) is 62.5 Å². The van der Waals surface area contributed by atoms with Crippen molar-refractivity contribution in [3.63, 3.8) is 0 Å². The number of nitrogens with one attached hydrogen (secondary N) is 1. The van der Waals surface area contributed by atoms with Gasteiger partial charge in [0, 0.05) is 5.70 Å². The number of carbonyl (C=O) groups is 1. The van der Waals surface area contributed by atoms with Crippen LogP contribution in [0.25, 0.3) is 21.9 Å². The molecule has 38 heavy (non-hydrogen) atoms. The van der Waals surface area contributed by atoms with Crippen LogP contribution in [0.4, 0.5) is 5.95 Å². The molecule has 8 nitrogen and oxygen atoms in total. The third-order valence-electron chi connectivity index (χ3n) is 6.80. The minimum absolute atomic E-state index is 0.142. The molecule has 1 unspecified atom stereocenters. The van der Waals surface area contributed by atoms with Crippen molar-refractivity contribution < 1.29 is 14.3 Å². The molecule has 0 amide bonds. The second-order valence-corrected chi connectivity index (χ2v) is 9.08. The van der Waals surface area contributed by atoms with Gasteiger partial charge in [0.1, 0.15) is 18.4 Å².